The van der Waals surface area contributed by atoms with E-state index in [1.54, 1.807) is 45.0 Å². The maximum atomic E-state index is 11.8. The SMILES string of the molecule is CCC(=O)O[C@@H](C)[C@H](C)OC(=O)c1ccccc1. The van der Waals surface area contributed by atoms with E-state index in [0.717, 1.165) is 0 Å². The van der Waals surface area contributed by atoms with E-state index < -0.39 is 18.2 Å². The van der Waals surface area contributed by atoms with Gasteiger partial charge in [-0.05, 0) is 26.0 Å². The summed E-state index contributed by atoms with van der Waals surface area (Å²) in [6.07, 6.45) is -0.623. The third-order valence-electron chi connectivity index (χ3n) is 2.57. The lowest BCUT2D eigenvalue weighted by atomic mass is 10.2. The average molecular weight is 250 g/mol. The van der Waals surface area contributed by atoms with Crippen LogP contribution in [0.4, 0.5) is 0 Å². The molecule has 0 bridgehead atoms. The summed E-state index contributed by atoms with van der Waals surface area (Å²) in [5.74, 6) is -0.715. The number of rotatable bonds is 5. The second-order valence-corrected chi connectivity index (χ2v) is 4.02. The summed E-state index contributed by atoms with van der Waals surface area (Å²) < 4.78 is 10.3. The van der Waals surface area contributed by atoms with Gasteiger partial charge < -0.3 is 9.47 Å². The smallest absolute Gasteiger partial charge is 0.338 e. The van der Waals surface area contributed by atoms with E-state index in [9.17, 15) is 9.59 Å². The maximum Gasteiger partial charge on any atom is 0.338 e. The first-order chi connectivity index (χ1) is 8.54. The summed E-state index contributed by atoms with van der Waals surface area (Å²) in [5, 5.41) is 0. The molecule has 0 radical (unpaired) electrons. The van der Waals surface area contributed by atoms with Gasteiger partial charge in [-0.1, -0.05) is 25.1 Å². The van der Waals surface area contributed by atoms with Crippen molar-refractivity contribution < 1.29 is 19.1 Å². The van der Waals surface area contributed by atoms with Gasteiger partial charge in [-0.3, -0.25) is 4.79 Å². The van der Waals surface area contributed by atoms with E-state index in [0.29, 0.717) is 12.0 Å². The molecule has 0 fully saturated rings. The molecule has 98 valence electrons. The van der Waals surface area contributed by atoms with E-state index in [-0.39, 0.29) is 5.97 Å². The van der Waals surface area contributed by atoms with E-state index in [2.05, 4.69) is 0 Å². The topological polar surface area (TPSA) is 52.6 Å². The Balaban J connectivity index is 2.52. The summed E-state index contributed by atoms with van der Waals surface area (Å²) in [5.41, 5.74) is 0.485. The molecule has 2 atom stereocenters. The zero-order chi connectivity index (χ0) is 13.5. The van der Waals surface area contributed by atoms with Gasteiger partial charge >= 0.3 is 11.9 Å². The molecule has 0 heterocycles. The Morgan fingerprint density at radius 3 is 2.17 bits per heavy atom. The molecular formula is C14H18O4. The second-order valence-electron chi connectivity index (χ2n) is 4.02. The minimum absolute atomic E-state index is 0.301. The number of carbonyl (C=O) groups is 2. The average Bonchev–Trinajstić information content (AvgIpc) is 2.39. The summed E-state index contributed by atoms with van der Waals surface area (Å²) >= 11 is 0. The fraction of sp³-hybridized carbons (Fsp3) is 0.429. The lowest BCUT2D eigenvalue weighted by Gasteiger charge is -2.20. The lowest BCUT2D eigenvalue weighted by molar-refractivity contribution is -0.152. The number of benzene rings is 1. The van der Waals surface area contributed by atoms with Crippen molar-refractivity contribution in [1.82, 2.24) is 0 Å². The molecule has 0 aliphatic carbocycles. The molecule has 1 aromatic carbocycles. The molecule has 0 N–H and O–H groups in total. The molecule has 0 aromatic heterocycles. The zero-order valence-corrected chi connectivity index (χ0v) is 10.9. The van der Waals surface area contributed by atoms with Crippen molar-refractivity contribution in [3.8, 4) is 0 Å². The highest BCUT2D eigenvalue weighted by Gasteiger charge is 2.20. The Bertz CT molecular complexity index is 400. The maximum absolute atomic E-state index is 11.8. The van der Waals surface area contributed by atoms with Crippen LogP contribution in [0.5, 0.6) is 0 Å². The molecule has 1 aromatic rings. The van der Waals surface area contributed by atoms with Gasteiger partial charge in [0.15, 0.2) is 0 Å². The first-order valence-corrected chi connectivity index (χ1v) is 6.00. The summed E-state index contributed by atoms with van der Waals surface area (Å²) in [7, 11) is 0. The van der Waals surface area contributed by atoms with Crippen LogP contribution < -0.4 is 0 Å². The third kappa shape index (κ3) is 4.20. The van der Waals surface area contributed by atoms with Gasteiger partial charge in [0.05, 0.1) is 5.56 Å². The molecule has 0 unspecified atom stereocenters. The number of ether oxygens (including phenoxy) is 2. The van der Waals surface area contributed by atoms with Crippen molar-refractivity contribution in [2.24, 2.45) is 0 Å². The molecule has 18 heavy (non-hydrogen) atoms. The normalized spacial score (nSPS) is 13.5. The Hall–Kier alpha value is -1.84. The van der Waals surface area contributed by atoms with Crippen molar-refractivity contribution >= 4 is 11.9 Å². The highest BCUT2D eigenvalue weighted by atomic mass is 16.6. The summed E-state index contributed by atoms with van der Waals surface area (Å²) in [4.78, 5) is 22.9. The molecule has 0 aliphatic heterocycles. The molecule has 4 heteroatoms. The Morgan fingerprint density at radius 1 is 1.06 bits per heavy atom. The molecule has 0 saturated carbocycles. The van der Waals surface area contributed by atoms with Gasteiger partial charge in [-0.25, -0.2) is 4.79 Å². The first-order valence-electron chi connectivity index (χ1n) is 6.00. The Morgan fingerprint density at radius 2 is 1.61 bits per heavy atom. The van der Waals surface area contributed by atoms with Crippen LogP contribution in [0.25, 0.3) is 0 Å². The van der Waals surface area contributed by atoms with Gasteiger partial charge in [-0.2, -0.15) is 0 Å². The zero-order valence-electron chi connectivity index (χ0n) is 10.9. The molecule has 0 saturated heterocycles. The van der Waals surface area contributed by atoms with Crippen LogP contribution in [0, 0.1) is 0 Å². The van der Waals surface area contributed by atoms with Crippen molar-refractivity contribution in [3.05, 3.63) is 35.9 Å². The lowest BCUT2D eigenvalue weighted by Crippen LogP contribution is -2.30. The van der Waals surface area contributed by atoms with Crippen molar-refractivity contribution in [2.45, 2.75) is 39.4 Å². The summed E-state index contributed by atoms with van der Waals surface area (Å²) in [6, 6.07) is 8.71. The Kier molecular flexibility index (Phi) is 5.36. The molecular weight excluding hydrogens is 232 g/mol. The van der Waals surface area contributed by atoms with Crippen LogP contribution in [0.3, 0.4) is 0 Å². The van der Waals surface area contributed by atoms with Crippen LogP contribution in [0.1, 0.15) is 37.6 Å². The van der Waals surface area contributed by atoms with Crippen LogP contribution in [0.2, 0.25) is 0 Å². The van der Waals surface area contributed by atoms with Crippen molar-refractivity contribution in [2.75, 3.05) is 0 Å². The van der Waals surface area contributed by atoms with Gasteiger partial charge in [0.2, 0.25) is 0 Å². The summed E-state index contributed by atoms with van der Waals surface area (Å²) in [6.45, 7) is 5.13. The van der Waals surface area contributed by atoms with Gasteiger partial charge in [0.1, 0.15) is 12.2 Å². The van der Waals surface area contributed by atoms with Crippen molar-refractivity contribution in [3.63, 3.8) is 0 Å². The highest BCUT2D eigenvalue weighted by molar-refractivity contribution is 5.89. The standard InChI is InChI=1S/C14H18O4/c1-4-13(15)17-10(2)11(3)18-14(16)12-8-6-5-7-9-12/h5-11H,4H2,1-3H3/t10-,11-/m0/s1. The fourth-order valence-electron chi connectivity index (χ4n) is 1.29. The highest BCUT2D eigenvalue weighted by Crippen LogP contribution is 2.09. The predicted molar refractivity (Wildman–Crippen MR) is 67.2 cm³/mol. The quantitative estimate of drug-likeness (QED) is 0.754. The van der Waals surface area contributed by atoms with E-state index >= 15 is 0 Å². The van der Waals surface area contributed by atoms with Gasteiger partial charge in [0.25, 0.3) is 0 Å². The van der Waals surface area contributed by atoms with E-state index in [1.807, 2.05) is 6.07 Å². The molecule has 1 rings (SSSR count). The second kappa shape index (κ2) is 6.79. The number of esters is 2. The van der Waals surface area contributed by atoms with Crippen molar-refractivity contribution in [1.29, 1.82) is 0 Å². The largest absolute Gasteiger partial charge is 0.459 e. The minimum atomic E-state index is -0.479. The minimum Gasteiger partial charge on any atom is -0.459 e. The number of hydrogen-bond acceptors (Lipinski definition) is 4. The van der Waals surface area contributed by atoms with Gasteiger partial charge in [0, 0.05) is 6.42 Å². The fourth-order valence-corrected chi connectivity index (χ4v) is 1.29. The molecule has 0 aliphatic rings. The monoisotopic (exact) mass is 250 g/mol. The van der Waals surface area contributed by atoms with Crippen LogP contribution in [-0.2, 0) is 14.3 Å². The molecule has 4 nitrogen and oxygen atoms in total. The van der Waals surface area contributed by atoms with E-state index in [4.69, 9.17) is 9.47 Å². The van der Waals surface area contributed by atoms with Crippen LogP contribution in [0.15, 0.2) is 30.3 Å². The molecule has 0 spiro atoms. The first kappa shape index (κ1) is 14.2. The number of hydrogen-bond donors (Lipinski definition) is 0. The number of carbonyl (C=O) groups excluding carboxylic acids is 2. The third-order valence-corrected chi connectivity index (χ3v) is 2.57. The van der Waals surface area contributed by atoms with E-state index in [1.165, 1.54) is 0 Å². The van der Waals surface area contributed by atoms with Crippen LogP contribution >= 0.6 is 0 Å². The van der Waals surface area contributed by atoms with Gasteiger partial charge in [-0.15, -0.1) is 0 Å². The Labute approximate surface area is 107 Å². The van der Waals surface area contributed by atoms with Crippen LogP contribution in [-0.4, -0.2) is 24.1 Å². The predicted octanol–water partition coefficient (Wildman–Crippen LogP) is 2.57. The molecule has 0 amide bonds.